The molecule has 354 valence electrons. The number of likely N-dealkylation sites (N-methyl/N-ethyl adjacent to an activating group) is 1. The number of nitrogens with zero attached hydrogens (tertiary/aromatic N) is 1. The Labute approximate surface area is 376 Å². The molecular formula is C52H95N2O6P. The van der Waals surface area contributed by atoms with E-state index >= 15 is 0 Å². The second-order valence-electron chi connectivity index (χ2n) is 17.8. The fraction of sp³-hybridized carbons (Fsp3) is 0.750. The van der Waals surface area contributed by atoms with Gasteiger partial charge in [-0.1, -0.05) is 215 Å². The number of nitrogens with one attached hydrogen (secondary N) is 1. The van der Waals surface area contributed by atoms with E-state index in [2.05, 4.69) is 79.9 Å². The third-order valence-electron chi connectivity index (χ3n) is 10.7. The van der Waals surface area contributed by atoms with E-state index in [1.165, 1.54) is 109 Å². The minimum absolute atomic E-state index is 0.00475. The topological polar surface area (TPSA) is 108 Å². The Morgan fingerprint density at radius 1 is 0.590 bits per heavy atom. The van der Waals surface area contributed by atoms with E-state index in [4.69, 9.17) is 9.05 Å². The van der Waals surface area contributed by atoms with Gasteiger partial charge >= 0.3 is 0 Å². The van der Waals surface area contributed by atoms with Crippen LogP contribution >= 0.6 is 7.82 Å². The minimum Gasteiger partial charge on any atom is -0.756 e. The van der Waals surface area contributed by atoms with Crippen LogP contribution < -0.4 is 10.2 Å². The molecule has 0 aromatic heterocycles. The number of quaternary nitrogens is 1. The summed E-state index contributed by atoms with van der Waals surface area (Å²) >= 11 is 0. The van der Waals surface area contributed by atoms with Crippen molar-refractivity contribution >= 4 is 13.7 Å². The SMILES string of the molecule is CC/C=C\C/C=C\C/C=C\C/C=C\C/C=C\C/C=C\CCC(=O)NC(COP(=O)([O-])OCC[N+](C)(C)C)C(O)CCCCCCCCCCCCCCCCCCCCCC. The third kappa shape index (κ3) is 45.8. The summed E-state index contributed by atoms with van der Waals surface area (Å²) in [5, 5.41) is 13.9. The van der Waals surface area contributed by atoms with Crippen molar-refractivity contribution in [3.63, 3.8) is 0 Å². The predicted molar refractivity (Wildman–Crippen MR) is 260 cm³/mol. The van der Waals surface area contributed by atoms with Gasteiger partial charge in [0.05, 0.1) is 39.9 Å². The summed E-state index contributed by atoms with van der Waals surface area (Å²) in [5.41, 5.74) is 0. The van der Waals surface area contributed by atoms with Crippen molar-refractivity contribution in [1.82, 2.24) is 5.32 Å². The van der Waals surface area contributed by atoms with Crippen molar-refractivity contribution in [3.05, 3.63) is 72.9 Å². The van der Waals surface area contributed by atoms with Gasteiger partial charge in [0, 0.05) is 6.42 Å². The number of phosphoric ester groups is 1. The van der Waals surface area contributed by atoms with Gasteiger partial charge in [-0.05, 0) is 51.4 Å². The van der Waals surface area contributed by atoms with Crippen LogP contribution in [0.15, 0.2) is 72.9 Å². The molecule has 0 aromatic carbocycles. The van der Waals surface area contributed by atoms with Crippen LogP contribution in [0.3, 0.4) is 0 Å². The molecule has 0 fully saturated rings. The predicted octanol–water partition coefficient (Wildman–Crippen LogP) is 13.7. The second-order valence-corrected chi connectivity index (χ2v) is 19.2. The van der Waals surface area contributed by atoms with Crippen LogP contribution in [-0.4, -0.2) is 68.5 Å². The lowest BCUT2D eigenvalue weighted by molar-refractivity contribution is -0.870. The molecule has 3 atom stereocenters. The number of phosphoric acid groups is 1. The van der Waals surface area contributed by atoms with Crippen molar-refractivity contribution in [3.8, 4) is 0 Å². The Hall–Kier alpha value is -2.06. The minimum atomic E-state index is -4.59. The highest BCUT2D eigenvalue weighted by Crippen LogP contribution is 2.38. The number of rotatable bonds is 44. The van der Waals surface area contributed by atoms with Gasteiger partial charge in [-0.3, -0.25) is 9.36 Å². The van der Waals surface area contributed by atoms with Crippen molar-refractivity contribution < 1.29 is 32.9 Å². The second kappa shape index (κ2) is 43.2. The Balaban J connectivity index is 4.42. The zero-order valence-corrected chi connectivity index (χ0v) is 41.0. The lowest BCUT2D eigenvalue weighted by Gasteiger charge is -2.30. The van der Waals surface area contributed by atoms with Crippen LogP contribution in [0.25, 0.3) is 0 Å². The van der Waals surface area contributed by atoms with Gasteiger partial charge in [-0.2, -0.15) is 0 Å². The molecule has 8 nitrogen and oxygen atoms in total. The number of carbonyl (C=O) groups excluding carboxylic acids is 1. The fourth-order valence-electron chi connectivity index (χ4n) is 6.83. The first-order valence-electron chi connectivity index (χ1n) is 24.8. The normalized spacial score (nSPS) is 14.8. The molecule has 9 heteroatoms. The molecule has 0 radical (unpaired) electrons. The van der Waals surface area contributed by atoms with Crippen LogP contribution in [0.2, 0.25) is 0 Å². The maximum atomic E-state index is 12.9. The van der Waals surface area contributed by atoms with E-state index in [0.29, 0.717) is 23.9 Å². The molecule has 0 aliphatic carbocycles. The van der Waals surface area contributed by atoms with Gasteiger partial charge in [0.25, 0.3) is 7.82 Å². The number of allylic oxidation sites excluding steroid dienone is 12. The summed E-state index contributed by atoms with van der Waals surface area (Å²) in [6.45, 7) is 4.55. The molecule has 0 aromatic rings. The van der Waals surface area contributed by atoms with E-state index in [1.807, 2.05) is 33.3 Å². The molecule has 0 saturated heterocycles. The lowest BCUT2D eigenvalue weighted by Crippen LogP contribution is -2.46. The molecule has 0 heterocycles. The number of unbranched alkanes of at least 4 members (excludes halogenated alkanes) is 19. The molecule has 0 aliphatic rings. The van der Waals surface area contributed by atoms with Crippen LogP contribution in [0.5, 0.6) is 0 Å². The molecule has 61 heavy (non-hydrogen) atoms. The first kappa shape index (κ1) is 58.9. The Kier molecular flexibility index (Phi) is 41.7. The number of carbonyl (C=O) groups is 1. The Bertz CT molecular complexity index is 1220. The Morgan fingerprint density at radius 2 is 0.967 bits per heavy atom. The van der Waals surface area contributed by atoms with Gasteiger partial charge < -0.3 is 28.8 Å². The van der Waals surface area contributed by atoms with E-state index in [9.17, 15) is 19.4 Å². The zero-order chi connectivity index (χ0) is 45.0. The Morgan fingerprint density at radius 3 is 1.36 bits per heavy atom. The van der Waals surface area contributed by atoms with E-state index in [-0.39, 0.29) is 25.5 Å². The highest BCUT2D eigenvalue weighted by atomic mass is 31.2. The molecule has 0 aliphatic heterocycles. The van der Waals surface area contributed by atoms with Gasteiger partial charge in [0.15, 0.2) is 0 Å². The standard InChI is InChI=1S/C52H95N2O6P/c1-6-8-10-12-14-16-18-20-22-24-26-28-29-31-33-35-37-39-41-43-45-51(55)50(49-60-61(57,58)59-48-47-54(3,4)5)53-52(56)46-44-42-40-38-36-34-32-30-27-25-23-21-19-17-15-13-11-9-7-2/h9,11,15,17,21,23,27,30,34,36,40,42,50-51,55H,6-8,10,12-14,16,18-20,22,24-26,28-29,31-33,35,37-39,41,43-49H2,1-5H3,(H-,53,56,57,58)/b11-9-,17-15-,23-21-,30-27-,36-34-,42-40-. The molecule has 3 unspecified atom stereocenters. The molecular weight excluding hydrogens is 780 g/mol. The van der Waals surface area contributed by atoms with E-state index in [1.54, 1.807) is 0 Å². The number of hydrogen-bond donors (Lipinski definition) is 2. The molecule has 0 spiro atoms. The van der Waals surface area contributed by atoms with Crippen LogP contribution in [-0.2, 0) is 18.4 Å². The highest BCUT2D eigenvalue weighted by Gasteiger charge is 2.24. The average Bonchev–Trinajstić information content (AvgIpc) is 3.21. The number of amides is 1. The van der Waals surface area contributed by atoms with Gasteiger partial charge in [0.2, 0.25) is 5.91 Å². The highest BCUT2D eigenvalue weighted by molar-refractivity contribution is 7.45. The smallest absolute Gasteiger partial charge is 0.268 e. The summed E-state index contributed by atoms with van der Waals surface area (Å²) in [6.07, 6.45) is 57.9. The van der Waals surface area contributed by atoms with Crippen LogP contribution in [0.1, 0.15) is 200 Å². The summed E-state index contributed by atoms with van der Waals surface area (Å²) in [5.74, 6) is -0.248. The van der Waals surface area contributed by atoms with Crippen molar-refractivity contribution in [2.45, 2.75) is 212 Å². The van der Waals surface area contributed by atoms with Crippen molar-refractivity contribution in [2.24, 2.45) is 0 Å². The number of hydrogen-bond acceptors (Lipinski definition) is 6. The maximum Gasteiger partial charge on any atom is 0.268 e. The van der Waals surface area contributed by atoms with Crippen LogP contribution in [0, 0.1) is 0 Å². The largest absolute Gasteiger partial charge is 0.756 e. The van der Waals surface area contributed by atoms with Crippen LogP contribution in [0.4, 0.5) is 0 Å². The number of aliphatic hydroxyl groups excluding tert-OH is 1. The summed E-state index contributed by atoms with van der Waals surface area (Å²) in [7, 11) is 1.25. The van der Waals surface area contributed by atoms with Crippen molar-refractivity contribution in [2.75, 3.05) is 40.9 Å². The van der Waals surface area contributed by atoms with Crippen molar-refractivity contribution in [1.29, 1.82) is 0 Å². The molecule has 1 amide bonds. The van der Waals surface area contributed by atoms with Gasteiger partial charge in [0.1, 0.15) is 13.2 Å². The molecule has 0 bridgehead atoms. The fourth-order valence-corrected chi connectivity index (χ4v) is 7.55. The van der Waals surface area contributed by atoms with E-state index < -0.39 is 20.0 Å². The summed E-state index contributed by atoms with van der Waals surface area (Å²) in [4.78, 5) is 25.4. The van der Waals surface area contributed by atoms with E-state index in [0.717, 1.165) is 57.8 Å². The van der Waals surface area contributed by atoms with Gasteiger partial charge in [-0.25, -0.2) is 0 Å². The third-order valence-corrected chi connectivity index (χ3v) is 11.7. The summed E-state index contributed by atoms with van der Waals surface area (Å²) in [6, 6.07) is -0.845. The molecule has 2 N–H and O–H groups in total. The zero-order valence-electron chi connectivity index (χ0n) is 40.1. The van der Waals surface area contributed by atoms with Gasteiger partial charge in [-0.15, -0.1) is 0 Å². The lowest BCUT2D eigenvalue weighted by atomic mass is 10.0. The molecule has 0 saturated carbocycles. The summed E-state index contributed by atoms with van der Waals surface area (Å²) < 4.78 is 23.3. The average molecular weight is 875 g/mol. The first-order valence-corrected chi connectivity index (χ1v) is 26.2. The quantitative estimate of drug-likeness (QED) is 0.0273. The monoisotopic (exact) mass is 875 g/mol. The molecule has 0 rings (SSSR count). The maximum absolute atomic E-state index is 12.9. The first-order chi connectivity index (χ1) is 29.5. The number of aliphatic hydroxyl groups is 1.